The second-order valence-corrected chi connectivity index (χ2v) is 8.32. The van der Waals surface area contributed by atoms with Gasteiger partial charge in [-0.3, -0.25) is 14.2 Å². The fourth-order valence-electron chi connectivity index (χ4n) is 4.45. The Morgan fingerprint density at radius 1 is 1.15 bits per heavy atom. The number of hydrogen-bond donors (Lipinski definition) is 1. The van der Waals surface area contributed by atoms with E-state index in [0.717, 1.165) is 12.8 Å². The predicted molar refractivity (Wildman–Crippen MR) is 131 cm³/mol. The lowest BCUT2D eigenvalue weighted by molar-refractivity contribution is 0.104. The van der Waals surface area contributed by atoms with E-state index in [1.807, 2.05) is 35.2 Å². The van der Waals surface area contributed by atoms with Gasteiger partial charge in [-0.25, -0.2) is 15.0 Å². The van der Waals surface area contributed by atoms with Gasteiger partial charge in [-0.1, -0.05) is 35.9 Å². The Morgan fingerprint density at radius 3 is 2.76 bits per heavy atom. The van der Waals surface area contributed by atoms with Crippen LogP contribution in [0.3, 0.4) is 0 Å². The van der Waals surface area contributed by atoms with Crippen LogP contribution in [0.5, 0.6) is 0 Å². The SMILES string of the molecule is N/C=C\C(=O)c1cncnc1N1CCC[C@H]1c1nc2cccc(Cl)c2c(=O)n1-c1ccccc1. The van der Waals surface area contributed by atoms with Crippen molar-refractivity contribution in [2.75, 3.05) is 11.4 Å². The highest BCUT2D eigenvalue weighted by Gasteiger charge is 2.34. The molecule has 0 amide bonds. The van der Waals surface area contributed by atoms with Crippen molar-refractivity contribution in [3.05, 3.63) is 100 Å². The van der Waals surface area contributed by atoms with Crippen LogP contribution in [0.1, 0.15) is 35.1 Å². The maximum Gasteiger partial charge on any atom is 0.267 e. The van der Waals surface area contributed by atoms with Gasteiger partial charge in [-0.05, 0) is 43.3 Å². The van der Waals surface area contributed by atoms with Crippen molar-refractivity contribution in [1.82, 2.24) is 19.5 Å². The Hall–Kier alpha value is -4.04. The van der Waals surface area contributed by atoms with E-state index in [2.05, 4.69) is 9.97 Å². The average molecular weight is 473 g/mol. The first-order valence-corrected chi connectivity index (χ1v) is 11.2. The molecule has 0 unspecified atom stereocenters. The van der Waals surface area contributed by atoms with Gasteiger partial charge in [0.25, 0.3) is 5.56 Å². The van der Waals surface area contributed by atoms with Crippen LogP contribution in [0, 0.1) is 0 Å². The molecule has 0 spiro atoms. The zero-order chi connectivity index (χ0) is 23.7. The van der Waals surface area contributed by atoms with Crippen LogP contribution in [0.15, 0.2) is 78.1 Å². The number of halogens is 1. The van der Waals surface area contributed by atoms with Gasteiger partial charge in [0.2, 0.25) is 0 Å². The summed E-state index contributed by atoms with van der Waals surface area (Å²) in [6.45, 7) is 0.645. The topological polar surface area (TPSA) is 107 Å². The molecule has 34 heavy (non-hydrogen) atoms. The highest BCUT2D eigenvalue weighted by molar-refractivity contribution is 6.35. The van der Waals surface area contributed by atoms with Crippen LogP contribution in [-0.4, -0.2) is 31.8 Å². The van der Waals surface area contributed by atoms with Crippen molar-refractivity contribution in [2.24, 2.45) is 5.73 Å². The van der Waals surface area contributed by atoms with Gasteiger partial charge in [0.05, 0.1) is 33.2 Å². The van der Waals surface area contributed by atoms with E-state index >= 15 is 0 Å². The summed E-state index contributed by atoms with van der Waals surface area (Å²) in [7, 11) is 0. The van der Waals surface area contributed by atoms with E-state index in [1.54, 1.807) is 22.8 Å². The molecular weight excluding hydrogens is 452 g/mol. The largest absolute Gasteiger partial charge is 0.404 e. The van der Waals surface area contributed by atoms with Crippen molar-refractivity contribution in [1.29, 1.82) is 0 Å². The molecule has 3 heterocycles. The molecule has 5 rings (SSSR count). The summed E-state index contributed by atoms with van der Waals surface area (Å²) in [6, 6.07) is 14.3. The molecule has 9 heteroatoms. The van der Waals surface area contributed by atoms with Crippen LogP contribution < -0.4 is 16.2 Å². The van der Waals surface area contributed by atoms with Gasteiger partial charge in [0.15, 0.2) is 5.78 Å². The zero-order valence-electron chi connectivity index (χ0n) is 18.1. The first kappa shape index (κ1) is 21.8. The van der Waals surface area contributed by atoms with E-state index in [4.69, 9.17) is 22.3 Å². The summed E-state index contributed by atoms with van der Waals surface area (Å²) >= 11 is 6.41. The van der Waals surface area contributed by atoms with Gasteiger partial charge in [0, 0.05) is 18.8 Å². The third-order valence-electron chi connectivity index (χ3n) is 5.91. The van der Waals surface area contributed by atoms with Crippen molar-refractivity contribution in [2.45, 2.75) is 18.9 Å². The van der Waals surface area contributed by atoms with E-state index in [9.17, 15) is 9.59 Å². The third kappa shape index (κ3) is 3.72. The molecule has 4 aromatic rings. The Balaban J connectivity index is 1.74. The second kappa shape index (κ2) is 9.07. The lowest BCUT2D eigenvalue weighted by Crippen LogP contribution is -2.32. The van der Waals surface area contributed by atoms with Gasteiger partial charge < -0.3 is 10.6 Å². The van der Waals surface area contributed by atoms with Crippen LogP contribution in [0.25, 0.3) is 16.6 Å². The third-order valence-corrected chi connectivity index (χ3v) is 6.23. The van der Waals surface area contributed by atoms with E-state index in [1.165, 1.54) is 24.8 Å². The minimum absolute atomic E-state index is 0.242. The summed E-state index contributed by atoms with van der Waals surface area (Å²) in [5.41, 5.74) is 6.75. The van der Waals surface area contributed by atoms with Crippen molar-refractivity contribution < 1.29 is 4.79 Å². The predicted octanol–water partition coefficient (Wildman–Crippen LogP) is 3.83. The van der Waals surface area contributed by atoms with E-state index in [0.29, 0.717) is 45.4 Å². The molecule has 1 atom stereocenters. The number of allylic oxidation sites excluding steroid dienone is 1. The second-order valence-electron chi connectivity index (χ2n) is 7.91. The Bertz CT molecular complexity index is 1470. The molecule has 2 aromatic carbocycles. The van der Waals surface area contributed by atoms with E-state index in [-0.39, 0.29) is 17.4 Å². The van der Waals surface area contributed by atoms with Gasteiger partial charge >= 0.3 is 0 Å². The number of benzene rings is 2. The maximum atomic E-state index is 13.7. The first-order chi connectivity index (χ1) is 16.6. The molecule has 170 valence electrons. The summed E-state index contributed by atoms with van der Waals surface area (Å²) in [5.74, 6) is 0.762. The zero-order valence-corrected chi connectivity index (χ0v) is 18.9. The molecule has 0 radical (unpaired) electrons. The van der Waals surface area contributed by atoms with Crippen molar-refractivity contribution >= 4 is 34.1 Å². The van der Waals surface area contributed by atoms with Crippen molar-refractivity contribution in [3.63, 3.8) is 0 Å². The number of ketones is 1. The molecule has 1 saturated heterocycles. The average Bonchev–Trinajstić information content (AvgIpc) is 3.34. The normalized spacial score (nSPS) is 15.9. The fraction of sp³-hybridized carbons (Fsp3) is 0.160. The Morgan fingerprint density at radius 2 is 1.97 bits per heavy atom. The minimum Gasteiger partial charge on any atom is -0.404 e. The lowest BCUT2D eigenvalue weighted by atomic mass is 10.1. The molecule has 1 aliphatic rings. The van der Waals surface area contributed by atoms with Gasteiger partial charge in [-0.15, -0.1) is 0 Å². The highest BCUT2D eigenvalue weighted by atomic mass is 35.5. The summed E-state index contributed by atoms with van der Waals surface area (Å²) in [4.78, 5) is 41.8. The van der Waals surface area contributed by atoms with Crippen LogP contribution in [0.2, 0.25) is 5.02 Å². The monoisotopic (exact) mass is 472 g/mol. The number of carbonyl (C=O) groups is 1. The molecule has 1 fully saturated rings. The molecule has 0 bridgehead atoms. The number of para-hydroxylation sites is 1. The van der Waals surface area contributed by atoms with E-state index < -0.39 is 0 Å². The standard InChI is InChI=1S/C25H21ClN6O2/c26-18-8-4-9-19-22(18)25(34)32(16-6-2-1-3-7-16)24(30-19)20-10-5-13-31(20)23-17(14-28-15-29-23)21(33)11-12-27/h1-4,6-9,11-12,14-15,20H,5,10,13,27H2/b12-11-/t20-/m0/s1. The minimum atomic E-state index is -0.292. The fourth-order valence-corrected chi connectivity index (χ4v) is 4.70. The maximum absolute atomic E-state index is 13.7. The Labute approximate surface area is 200 Å². The number of hydrogen-bond acceptors (Lipinski definition) is 7. The lowest BCUT2D eigenvalue weighted by Gasteiger charge is -2.28. The molecule has 0 aliphatic carbocycles. The molecule has 2 aromatic heterocycles. The van der Waals surface area contributed by atoms with Gasteiger partial charge in [0.1, 0.15) is 18.0 Å². The summed E-state index contributed by atoms with van der Waals surface area (Å²) in [6.07, 6.45) is 6.94. The highest BCUT2D eigenvalue weighted by Crippen LogP contribution is 2.37. The number of anilines is 1. The molecular formula is C25H21ClN6O2. The van der Waals surface area contributed by atoms with Crippen LogP contribution >= 0.6 is 11.6 Å². The summed E-state index contributed by atoms with van der Waals surface area (Å²) in [5, 5.41) is 0.721. The molecule has 0 saturated carbocycles. The number of fused-ring (bicyclic) bond motifs is 1. The number of nitrogens with zero attached hydrogens (tertiary/aromatic N) is 5. The molecule has 1 aliphatic heterocycles. The van der Waals surface area contributed by atoms with Crippen LogP contribution in [0.4, 0.5) is 5.82 Å². The quantitative estimate of drug-likeness (QED) is 0.347. The van der Waals surface area contributed by atoms with Gasteiger partial charge in [-0.2, -0.15) is 0 Å². The molecule has 8 nitrogen and oxygen atoms in total. The Kier molecular flexibility index (Phi) is 5.81. The first-order valence-electron chi connectivity index (χ1n) is 10.9. The smallest absolute Gasteiger partial charge is 0.267 e. The molecule has 2 N–H and O–H groups in total. The number of aromatic nitrogens is 4. The number of carbonyl (C=O) groups excluding carboxylic acids is 1. The summed E-state index contributed by atoms with van der Waals surface area (Å²) < 4.78 is 1.61. The number of nitrogens with two attached hydrogens (primary N) is 1. The number of rotatable bonds is 5. The van der Waals surface area contributed by atoms with Crippen LogP contribution in [-0.2, 0) is 0 Å². The van der Waals surface area contributed by atoms with Crippen molar-refractivity contribution in [3.8, 4) is 5.69 Å².